The van der Waals surface area contributed by atoms with Crippen LogP contribution in [0.15, 0.2) is 18.2 Å². The van der Waals surface area contributed by atoms with Crippen molar-refractivity contribution in [2.45, 2.75) is 31.3 Å². The average molecular weight is 210 g/mol. The molecule has 1 fully saturated rings. The molecular formula is C12H15FO2. The maximum absolute atomic E-state index is 13.7. The highest BCUT2D eigenvalue weighted by molar-refractivity contribution is 5.45. The van der Waals surface area contributed by atoms with Crippen molar-refractivity contribution in [2.75, 3.05) is 7.11 Å². The van der Waals surface area contributed by atoms with Crippen molar-refractivity contribution in [1.82, 2.24) is 0 Å². The average Bonchev–Trinajstić information content (AvgIpc) is 2.98. The van der Waals surface area contributed by atoms with Crippen LogP contribution in [0.3, 0.4) is 0 Å². The molecule has 0 bridgehead atoms. The van der Waals surface area contributed by atoms with Crippen molar-refractivity contribution in [1.29, 1.82) is 0 Å². The lowest BCUT2D eigenvalue weighted by molar-refractivity contribution is 0.147. The molecule has 1 atom stereocenters. The Kier molecular flexibility index (Phi) is 2.43. The number of benzene rings is 1. The first-order valence-electron chi connectivity index (χ1n) is 5.13. The van der Waals surface area contributed by atoms with E-state index in [4.69, 9.17) is 4.74 Å². The number of aliphatic hydroxyl groups is 1. The van der Waals surface area contributed by atoms with Gasteiger partial charge in [-0.3, -0.25) is 0 Å². The molecule has 1 unspecified atom stereocenters. The van der Waals surface area contributed by atoms with Crippen LogP contribution in [0.2, 0.25) is 0 Å². The number of aliphatic hydroxyl groups excluding tert-OH is 1. The summed E-state index contributed by atoms with van der Waals surface area (Å²) in [6.07, 6.45) is 1.10. The van der Waals surface area contributed by atoms with E-state index in [0.29, 0.717) is 11.3 Å². The maximum Gasteiger partial charge on any atom is 0.130 e. The second kappa shape index (κ2) is 3.49. The van der Waals surface area contributed by atoms with Gasteiger partial charge in [-0.05, 0) is 31.9 Å². The number of hydrogen-bond acceptors (Lipinski definition) is 2. The monoisotopic (exact) mass is 210 g/mol. The van der Waals surface area contributed by atoms with Gasteiger partial charge in [-0.1, -0.05) is 6.07 Å². The zero-order valence-electron chi connectivity index (χ0n) is 8.96. The van der Waals surface area contributed by atoms with E-state index >= 15 is 0 Å². The summed E-state index contributed by atoms with van der Waals surface area (Å²) in [6.45, 7) is 1.71. The van der Waals surface area contributed by atoms with Crippen molar-refractivity contribution in [3.8, 4) is 5.75 Å². The highest BCUT2D eigenvalue weighted by Gasteiger charge is 2.51. The smallest absolute Gasteiger partial charge is 0.130 e. The summed E-state index contributed by atoms with van der Waals surface area (Å²) in [5, 5.41) is 9.72. The molecule has 1 aromatic rings. The van der Waals surface area contributed by atoms with Gasteiger partial charge >= 0.3 is 0 Å². The van der Waals surface area contributed by atoms with Gasteiger partial charge in [0.05, 0.1) is 13.2 Å². The Morgan fingerprint density at radius 1 is 1.47 bits per heavy atom. The molecule has 1 N–H and O–H groups in total. The Morgan fingerprint density at radius 3 is 2.60 bits per heavy atom. The topological polar surface area (TPSA) is 29.5 Å². The molecule has 1 saturated carbocycles. The van der Waals surface area contributed by atoms with Crippen LogP contribution < -0.4 is 4.74 Å². The molecule has 0 aliphatic heterocycles. The Balaban J connectivity index is 2.51. The molecule has 1 aromatic carbocycles. The number of hydrogen-bond donors (Lipinski definition) is 1. The summed E-state index contributed by atoms with van der Waals surface area (Å²) in [5.74, 6) is 0.251. The molecule has 0 amide bonds. The molecule has 2 nitrogen and oxygen atoms in total. The van der Waals surface area contributed by atoms with E-state index < -0.39 is 11.5 Å². The highest BCUT2D eigenvalue weighted by Crippen LogP contribution is 2.54. The normalized spacial score (nSPS) is 19.7. The minimum absolute atomic E-state index is 0.284. The van der Waals surface area contributed by atoms with Crippen LogP contribution >= 0.6 is 0 Å². The number of methoxy groups -OCH3 is 1. The van der Waals surface area contributed by atoms with Gasteiger partial charge in [-0.2, -0.15) is 0 Å². The molecule has 2 rings (SSSR count). The predicted molar refractivity (Wildman–Crippen MR) is 55.5 cm³/mol. The second-order valence-electron chi connectivity index (χ2n) is 4.15. The Hall–Kier alpha value is -1.09. The van der Waals surface area contributed by atoms with Crippen molar-refractivity contribution in [3.05, 3.63) is 29.6 Å². The molecule has 1 aliphatic rings. The van der Waals surface area contributed by atoms with Crippen molar-refractivity contribution < 1.29 is 14.2 Å². The van der Waals surface area contributed by atoms with Gasteiger partial charge in [0.25, 0.3) is 0 Å². The molecule has 82 valence electrons. The lowest BCUT2D eigenvalue weighted by Gasteiger charge is -2.22. The number of halogens is 1. The highest BCUT2D eigenvalue weighted by atomic mass is 19.1. The van der Waals surface area contributed by atoms with E-state index in [0.717, 1.165) is 12.8 Å². The van der Waals surface area contributed by atoms with E-state index in [1.54, 1.807) is 19.1 Å². The first kappa shape index (κ1) is 10.4. The molecule has 1 aliphatic carbocycles. The van der Waals surface area contributed by atoms with Crippen LogP contribution in [-0.4, -0.2) is 18.3 Å². The minimum atomic E-state index is -0.539. The van der Waals surface area contributed by atoms with E-state index in [2.05, 4.69) is 0 Å². The van der Waals surface area contributed by atoms with Crippen LogP contribution in [0, 0.1) is 5.82 Å². The molecule has 0 radical (unpaired) electrons. The summed E-state index contributed by atoms with van der Waals surface area (Å²) in [5.41, 5.74) is 0.110. The van der Waals surface area contributed by atoms with Crippen molar-refractivity contribution in [2.24, 2.45) is 0 Å². The molecule has 0 saturated heterocycles. The van der Waals surface area contributed by atoms with Crippen LogP contribution in [0.5, 0.6) is 5.75 Å². The lowest BCUT2D eigenvalue weighted by atomic mass is 9.89. The van der Waals surface area contributed by atoms with E-state index in [1.807, 2.05) is 0 Å². The third-order valence-electron chi connectivity index (χ3n) is 3.28. The second-order valence-corrected chi connectivity index (χ2v) is 4.15. The first-order chi connectivity index (χ1) is 7.12. The zero-order valence-corrected chi connectivity index (χ0v) is 8.96. The maximum atomic E-state index is 13.7. The summed E-state index contributed by atoms with van der Waals surface area (Å²) >= 11 is 0. The minimum Gasteiger partial charge on any atom is -0.496 e. The molecular weight excluding hydrogens is 195 g/mol. The summed E-state index contributed by atoms with van der Waals surface area (Å²) in [6, 6.07) is 4.77. The Morgan fingerprint density at radius 2 is 2.13 bits per heavy atom. The third-order valence-corrected chi connectivity index (χ3v) is 3.28. The van der Waals surface area contributed by atoms with E-state index in [-0.39, 0.29) is 5.82 Å². The Labute approximate surface area is 88.7 Å². The standard InChI is InChI=1S/C12H15FO2/c1-8(14)12(6-7-12)11-9(13)4-3-5-10(11)15-2/h3-5,8,14H,6-7H2,1-2H3. The third kappa shape index (κ3) is 1.51. The molecule has 15 heavy (non-hydrogen) atoms. The molecule has 0 aromatic heterocycles. The number of rotatable bonds is 3. The van der Waals surface area contributed by atoms with Gasteiger partial charge in [0.15, 0.2) is 0 Å². The van der Waals surface area contributed by atoms with E-state index in [9.17, 15) is 9.50 Å². The SMILES string of the molecule is COc1cccc(F)c1C1(C(C)O)CC1. The number of ether oxygens (including phenoxy) is 1. The zero-order chi connectivity index (χ0) is 11.1. The van der Waals surface area contributed by atoms with Gasteiger partial charge in [0.2, 0.25) is 0 Å². The van der Waals surface area contributed by atoms with Gasteiger partial charge < -0.3 is 9.84 Å². The molecule has 0 spiro atoms. The predicted octanol–water partition coefficient (Wildman–Crippen LogP) is 2.25. The van der Waals surface area contributed by atoms with Gasteiger partial charge in [0.1, 0.15) is 11.6 Å². The van der Waals surface area contributed by atoms with Crippen LogP contribution in [0.4, 0.5) is 4.39 Å². The molecule has 3 heteroatoms. The fourth-order valence-electron chi connectivity index (χ4n) is 2.17. The van der Waals surface area contributed by atoms with Crippen LogP contribution in [-0.2, 0) is 5.41 Å². The van der Waals surface area contributed by atoms with Crippen molar-refractivity contribution >= 4 is 0 Å². The van der Waals surface area contributed by atoms with Gasteiger partial charge in [-0.15, -0.1) is 0 Å². The largest absolute Gasteiger partial charge is 0.496 e. The first-order valence-corrected chi connectivity index (χ1v) is 5.13. The fourth-order valence-corrected chi connectivity index (χ4v) is 2.17. The lowest BCUT2D eigenvalue weighted by Crippen LogP contribution is -2.24. The summed E-state index contributed by atoms with van der Waals surface area (Å²) < 4.78 is 18.9. The fraction of sp³-hybridized carbons (Fsp3) is 0.500. The van der Waals surface area contributed by atoms with Crippen molar-refractivity contribution in [3.63, 3.8) is 0 Å². The summed E-state index contributed by atoms with van der Waals surface area (Å²) in [7, 11) is 1.52. The molecule has 0 heterocycles. The van der Waals surface area contributed by atoms with E-state index in [1.165, 1.54) is 13.2 Å². The van der Waals surface area contributed by atoms with Gasteiger partial charge in [0, 0.05) is 11.0 Å². The van der Waals surface area contributed by atoms with Crippen LogP contribution in [0.25, 0.3) is 0 Å². The summed E-state index contributed by atoms with van der Waals surface area (Å²) in [4.78, 5) is 0. The van der Waals surface area contributed by atoms with Gasteiger partial charge in [-0.25, -0.2) is 4.39 Å². The van der Waals surface area contributed by atoms with Crippen LogP contribution in [0.1, 0.15) is 25.3 Å². The quantitative estimate of drug-likeness (QED) is 0.829. The Bertz CT molecular complexity index is 370.